The molecule has 0 aromatic heterocycles. The van der Waals surface area contributed by atoms with Crippen LogP contribution in [0.4, 0.5) is 0 Å². The van der Waals surface area contributed by atoms with E-state index in [1.54, 1.807) is 0 Å². The minimum absolute atomic E-state index is 0.00347. The van der Waals surface area contributed by atoms with Gasteiger partial charge in [-0.05, 0) is 6.92 Å². The highest BCUT2D eigenvalue weighted by Crippen LogP contribution is 1.94. The summed E-state index contributed by atoms with van der Waals surface area (Å²) in [7, 11) is 1.29. The molecule has 11 heavy (non-hydrogen) atoms. The van der Waals surface area contributed by atoms with E-state index in [0.29, 0.717) is 6.61 Å². The monoisotopic (exact) mass is 162 g/mol. The van der Waals surface area contributed by atoms with Crippen molar-refractivity contribution in [2.24, 2.45) is 0 Å². The lowest BCUT2D eigenvalue weighted by atomic mass is 10.3. The van der Waals surface area contributed by atoms with Gasteiger partial charge in [0, 0.05) is 6.61 Å². The van der Waals surface area contributed by atoms with E-state index in [2.05, 4.69) is 4.74 Å². The number of aliphatic hydroxyl groups is 1. The quantitative estimate of drug-likeness (QED) is 0.576. The first-order valence-corrected chi connectivity index (χ1v) is 3.53. The fourth-order valence-corrected chi connectivity index (χ4v) is 0.589. The van der Waals surface area contributed by atoms with Crippen LogP contribution in [0.15, 0.2) is 0 Å². The van der Waals surface area contributed by atoms with Crippen LogP contribution < -0.4 is 0 Å². The Morgan fingerprint density at radius 3 is 2.73 bits per heavy atom. The van der Waals surface area contributed by atoms with E-state index in [0.717, 1.165) is 0 Å². The summed E-state index contributed by atoms with van der Waals surface area (Å²) in [4.78, 5) is 10.5. The molecule has 0 unspecified atom stereocenters. The highest BCUT2D eigenvalue weighted by atomic mass is 16.5. The lowest BCUT2D eigenvalue weighted by molar-refractivity contribution is -0.143. The molecular formula is C7H14O4. The van der Waals surface area contributed by atoms with Crippen LogP contribution in [0.3, 0.4) is 0 Å². The van der Waals surface area contributed by atoms with E-state index in [1.165, 1.54) is 7.11 Å². The summed E-state index contributed by atoms with van der Waals surface area (Å²) >= 11 is 0. The number of ether oxygens (including phenoxy) is 2. The van der Waals surface area contributed by atoms with Gasteiger partial charge in [-0.1, -0.05) is 0 Å². The SMILES string of the molecule is CCOC[C@H](O)CC(=O)OC. The van der Waals surface area contributed by atoms with Crippen LogP contribution in [-0.2, 0) is 14.3 Å². The van der Waals surface area contributed by atoms with Crippen molar-refractivity contribution in [2.45, 2.75) is 19.4 Å². The summed E-state index contributed by atoms with van der Waals surface area (Å²) in [5.41, 5.74) is 0. The molecule has 0 aliphatic rings. The summed E-state index contributed by atoms with van der Waals surface area (Å²) in [5, 5.41) is 9.06. The first kappa shape index (κ1) is 10.4. The van der Waals surface area contributed by atoms with Gasteiger partial charge in [0.15, 0.2) is 0 Å². The number of hydrogen-bond donors (Lipinski definition) is 1. The van der Waals surface area contributed by atoms with Crippen LogP contribution in [-0.4, -0.2) is 37.5 Å². The van der Waals surface area contributed by atoms with Gasteiger partial charge in [0.2, 0.25) is 0 Å². The van der Waals surface area contributed by atoms with Crippen LogP contribution in [0, 0.1) is 0 Å². The number of hydrogen-bond acceptors (Lipinski definition) is 4. The summed E-state index contributed by atoms with van der Waals surface area (Å²) < 4.78 is 9.23. The third-order valence-electron chi connectivity index (χ3n) is 1.14. The molecule has 0 saturated carbocycles. The molecule has 0 fully saturated rings. The molecule has 1 atom stereocenters. The molecule has 0 aliphatic carbocycles. The van der Waals surface area contributed by atoms with Crippen molar-refractivity contribution < 1.29 is 19.4 Å². The number of aliphatic hydroxyl groups excluding tert-OH is 1. The van der Waals surface area contributed by atoms with Crippen LogP contribution in [0.5, 0.6) is 0 Å². The molecule has 4 heteroatoms. The molecule has 0 bridgehead atoms. The van der Waals surface area contributed by atoms with Crippen molar-refractivity contribution in [3.05, 3.63) is 0 Å². The summed E-state index contributed by atoms with van der Waals surface area (Å²) in [6.45, 7) is 2.55. The molecule has 0 spiro atoms. The Bertz CT molecular complexity index is 113. The van der Waals surface area contributed by atoms with Gasteiger partial charge in [-0.2, -0.15) is 0 Å². The average Bonchev–Trinajstić information content (AvgIpc) is 2.00. The first-order valence-electron chi connectivity index (χ1n) is 3.53. The predicted molar refractivity (Wildman–Crippen MR) is 39.1 cm³/mol. The second-order valence-corrected chi connectivity index (χ2v) is 2.09. The molecule has 0 aromatic carbocycles. The van der Waals surface area contributed by atoms with Crippen molar-refractivity contribution >= 4 is 5.97 Å². The lowest BCUT2D eigenvalue weighted by Gasteiger charge is -2.07. The van der Waals surface area contributed by atoms with Gasteiger partial charge in [0.25, 0.3) is 0 Å². The van der Waals surface area contributed by atoms with Crippen molar-refractivity contribution in [1.82, 2.24) is 0 Å². The average molecular weight is 162 g/mol. The molecule has 0 radical (unpaired) electrons. The van der Waals surface area contributed by atoms with Gasteiger partial charge in [-0.15, -0.1) is 0 Å². The molecule has 0 heterocycles. The molecule has 0 saturated heterocycles. The molecule has 0 aromatic rings. The summed E-state index contributed by atoms with van der Waals surface area (Å²) in [6, 6.07) is 0. The van der Waals surface area contributed by atoms with Gasteiger partial charge in [-0.25, -0.2) is 0 Å². The second kappa shape index (κ2) is 6.12. The Morgan fingerprint density at radius 1 is 1.64 bits per heavy atom. The van der Waals surface area contributed by atoms with Gasteiger partial charge in [-0.3, -0.25) is 4.79 Å². The largest absolute Gasteiger partial charge is 0.469 e. The van der Waals surface area contributed by atoms with E-state index in [9.17, 15) is 4.79 Å². The molecule has 66 valence electrons. The summed E-state index contributed by atoms with van der Waals surface area (Å²) in [5.74, 6) is -0.419. The number of rotatable bonds is 5. The number of carbonyl (C=O) groups excluding carboxylic acids is 1. The van der Waals surface area contributed by atoms with Gasteiger partial charge < -0.3 is 14.6 Å². The number of esters is 1. The first-order chi connectivity index (χ1) is 5.20. The van der Waals surface area contributed by atoms with Crippen molar-refractivity contribution in [2.75, 3.05) is 20.3 Å². The molecule has 0 amide bonds. The maximum Gasteiger partial charge on any atom is 0.308 e. The standard InChI is InChI=1S/C7H14O4/c1-3-11-5-6(8)4-7(9)10-2/h6,8H,3-5H2,1-2H3/t6-/m1/s1. The van der Waals surface area contributed by atoms with Gasteiger partial charge in [0.05, 0.1) is 26.2 Å². The molecule has 4 nitrogen and oxygen atoms in total. The van der Waals surface area contributed by atoms with Crippen LogP contribution in [0.2, 0.25) is 0 Å². The Balaban J connectivity index is 3.35. The van der Waals surface area contributed by atoms with Crippen LogP contribution in [0.25, 0.3) is 0 Å². The fourth-order valence-electron chi connectivity index (χ4n) is 0.589. The van der Waals surface area contributed by atoms with Crippen molar-refractivity contribution in [3.63, 3.8) is 0 Å². The van der Waals surface area contributed by atoms with E-state index in [-0.39, 0.29) is 13.0 Å². The van der Waals surface area contributed by atoms with Crippen molar-refractivity contribution in [3.8, 4) is 0 Å². The summed E-state index contributed by atoms with van der Waals surface area (Å²) in [6.07, 6.45) is -0.751. The zero-order chi connectivity index (χ0) is 8.69. The molecule has 0 rings (SSSR count). The minimum atomic E-state index is -0.748. The van der Waals surface area contributed by atoms with Gasteiger partial charge >= 0.3 is 5.97 Å². The Labute approximate surface area is 66.1 Å². The molecular weight excluding hydrogens is 148 g/mol. The fraction of sp³-hybridized carbons (Fsp3) is 0.857. The third kappa shape index (κ3) is 5.82. The van der Waals surface area contributed by atoms with Crippen LogP contribution in [0.1, 0.15) is 13.3 Å². The predicted octanol–water partition coefficient (Wildman–Crippen LogP) is -0.0531. The number of carbonyl (C=O) groups is 1. The van der Waals surface area contributed by atoms with Gasteiger partial charge in [0.1, 0.15) is 0 Å². The zero-order valence-corrected chi connectivity index (χ0v) is 6.87. The highest BCUT2D eigenvalue weighted by molar-refractivity contribution is 5.69. The topological polar surface area (TPSA) is 55.8 Å². The maximum atomic E-state index is 10.5. The zero-order valence-electron chi connectivity index (χ0n) is 6.87. The molecule has 1 N–H and O–H groups in total. The highest BCUT2D eigenvalue weighted by Gasteiger charge is 2.09. The Hall–Kier alpha value is -0.610. The second-order valence-electron chi connectivity index (χ2n) is 2.09. The third-order valence-corrected chi connectivity index (χ3v) is 1.14. The molecule has 0 aliphatic heterocycles. The van der Waals surface area contributed by atoms with E-state index in [4.69, 9.17) is 9.84 Å². The van der Waals surface area contributed by atoms with Crippen molar-refractivity contribution in [1.29, 1.82) is 0 Å². The minimum Gasteiger partial charge on any atom is -0.469 e. The van der Waals surface area contributed by atoms with E-state index < -0.39 is 12.1 Å². The smallest absolute Gasteiger partial charge is 0.308 e. The number of methoxy groups -OCH3 is 1. The van der Waals surface area contributed by atoms with Crippen LogP contribution >= 0.6 is 0 Å². The van der Waals surface area contributed by atoms with E-state index >= 15 is 0 Å². The Kier molecular flexibility index (Phi) is 5.78. The Morgan fingerprint density at radius 2 is 2.27 bits per heavy atom. The lowest BCUT2D eigenvalue weighted by Crippen LogP contribution is -2.20. The maximum absolute atomic E-state index is 10.5. The van der Waals surface area contributed by atoms with E-state index in [1.807, 2.05) is 6.92 Å². The normalized spacial score (nSPS) is 12.6.